The van der Waals surface area contributed by atoms with Gasteiger partial charge in [-0.2, -0.15) is 0 Å². The topological polar surface area (TPSA) is 29.9 Å². The number of hydrogen-bond acceptors (Lipinski definition) is 2. The van der Waals surface area contributed by atoms with Crippen molar-refractivity contribution >= 4 is 0 Å². The van der Waals surface area contributed by atoms with E-state index in [0.717, 1.165) is 13.0 Å². The maximum atomic E-state index is 4.61. The van der Waals surface area contributed by atoms with Crippen LogP contribution in [0.3, 0.4) is 0 Å². The lowest BCUT2D eigenvalue weighted by atomic mass is 10.2. The molecule has 2 heterocycles. The molecule has 0 radical (unpaired) electrons. The second-order valence-corrected chi connectivity index (χ2v) is 3.70. The van der Waals surface area contributed by atoms with Crippen LogP contribution in [0.2, 0.25) is 0 Å². The predicted molar refractivity (Wildman–Crippen MR) is 52.6 cm³/mol. The predicted octanol–water partition coefficient (Wildman–Crippen LogP) is 1.41. The Bertz CT molecular complexity index is 284. The highest BCUT2D eigenvalue weighted by atomic mass is 15.1. The van der Waals surface area contributed by atoms with E-state index in [1.165, 1.54) is 24.4 Å². The number of imidazole rings is 1. The minimum absolute atomic E-state index is 0.506. The minimum atomic E-state index is 0.506. The van der Waals surface area contributed by atoms with Gasteiger partial charge in [0.1, 0.15) is 5.82 Å². The Morgan fingerprint density at radius 1 is 1.69 bits per heavy atom. The Kier molecular flexibility index (Phi) is 2.36. The van der Waals surface area contributed by atoms with Gasteiger partial charge in [0.05, 0.1) is 11.7 Å². The molecule has 3 nitrogen and oxygen atoms in total. The number of nitrogens with one attached hydrogen (secondary N) is 1. The van der Waals surface area contributed by atoms with Gasteiger partial charge in [0.2, 0.25) is 0 Å². The van der Waals surface area contributed by atoms with Crippen molar-refractivity contribution in [2.75, 3.05) is 6.54 Å². The first kappa shape index (κ1) is 8.75. The molecule has 1 fully saturated rings. The summed E-state index contributed by atoms with van der Waals surface area (Å²) in [6.07, 6.45) is 5.69. The first-order chi connectivity index (χ1) is 6.31. The van der Waals surface area contributed by atoms with E-state index in [4.69, 9.17) is 0 Å². The van der Waals surface area contributed by atoms with Gasteiger partial charge >= 0.3 is 0 Å². The quantitative estimate of drug-likeness (QED) is 0.744. The monoisotopic (exact) mass is 179 g/mol. The molecule has 0 unspecified atom stereocenters. The highest BCUT2D eigenvalue weighted by Gasteiger charge is 2.19. The Labute approximate surface area is 79.2 Å². The fourth-order valence-corrected chi connectivity index (χ4v) is 1.96. The summed E-state index contributed by atoms with van der Waals surface area (Å²) < 4.78 is 2.13. The molecule has 13 heavy (non-hydrogen) atoms. The lowest BCUT2D eigenvalue weighted by Gasteiger charge is -2.04. The Morgan fingerprint density at radius 2 is 2.54 bits per heavy atom. The molecule has 0 aromatic carbocycles. The van der Waals surface area contributed by atoms with Crippen LogP contribution in [-0.2, 0) is 13.5 Å². The summed E-state index contributed by atoms with van der Waals surface area (Å²) >= 11 is 0. The standard InChI is InChI=1S/C10H17N3/c1-3-10-12-9(7-13(10)2)8-5-4-6-11-8/h7-8,11H,3-6H2,1-2H3/t8-/m1/s1. The second-order valence-electron chi connectivity index (χ2n) is 3.70. The summed E-state index contributed by atoms with van der Waals surface area (Å²) in [4.78, 5) is 4.61. The summed E-state index contributed by atoms with van der Waals surface area (Å²) in [5.74, 6) is 1.18. The van der Waals surface area contributed by atoms with Gasteiger partial charge in [-0.1, -0.05) is 6.92 Å². The van der Waals surface area contributed by atoms with Crippen LogP contribution in [0, 0.1) is 0 Å². The molecule has 1 N–H and O–H groups in total. The third kappa shape index (κ3) is 1.61. The molecule has 1 aromatic heterocycles. The summed E-state index contributed by atoms with van der Waals surface area (Å²) in [6.45, 7) is 3.29. The molecule has 1 atom stereocenters. The molecule has 2 rings (SSSR count). The zero-order chi connectivity index (χ0) is 9.26. The van der Waals surface area contributed by atoms with E-state index >= 15 is 0 Å². The molecule has 1 aromatic rings. The largest absolute Gasteiger partial charge is 0.338 e. The molecule has 0 aliphatic carbocycles. The molecule has 0 amide bonds. The van der Waals surface area contributed by atoms with E-state index in [0.29, 0.717) is 6.04 Å². The Hall–Kier alpha value is -0.830. The van der Waals surface area contributed by atoms with Crippen LogP contribution in [0.4, 0.5) is 0 Å². The normalized spacial score (nSPS) is 22.5. The summed E-state index contributed by atoms with van der Waals surface area (Å²) in [5.41, 5.74) is 1.22. The van der Waals surface area contributed by atoms with Crippen LogP contribution < -0.4 is 5.32 Å². The number of hydrogen-bond donors (Lipinski definition) is 1. The van der Waals surface area contributed by atoms with Gasteiger partial charge in [-0.25, -0.2) is 4.98 Å². The molecule has 1 aliphatic heterocycles. The smallest absolute Gasteiger partial charge is 0.108 e. The fourth-order valence-electron chi connectivity index (χ4n) is 1.96. The summed E-state index contributed by atoms with van der Waals surface area (Å²) in [6, 6.07) is 0.506. The van der Waals surface area contributed by atoms with Gasteiger partial charge < -0.3 is 9.88 Å². The van der Waals surface area contributed by atoms with Crippen molar-refractivity contribution in [1.82, 2.24) is 14.9 Å². The van der Waals surface area contributed by atoms with E-state index in [2.05, 4.69) is 35.0 Å². The van der Waals surface area contributed by atoms with Crippen LogP contribution in [0.25, 0.3) is 0 Å². The van der Waals surface area contributed by atoms with Crippen molar-refractivity contribution < 1.29 is 0 Å². The SMILES string of the molecule is CCc1nc([C@H]2CCCN2)cn1C. The molecule has 1 saturated heterocycles. The van der Waals surface area contributed by atoms with Crippen molar-refractivity contribution in [3.8, 4) is 0 Å². The minimum Gasteiger partial charge on any atom is -0.338 e. The number of aryl methyl sites for hydroxylation is 2. The third-order valence-electron chi connectivity index (χ3n) is 2.72. The highest BCUT2D eigenvalue weighted by Crippen LogP contribution is 2.21. The number of aromatic nitrogens is 2. The van der Waals surface area contributed by atoms with Crippen LogP contribution in [0.1, 0.15) is 37.3 Å². The van der Waals surface area contributed by atoms with Crippen molar-refractivity contribution in [3.63, 3.8) is 0 Å². The van der Waals surface area contributed by atoms with Crippen LogP contribution in [0.5, 0.6) is 0 Å². The van der Waals surface area contributed by atoms with Gasteiger partial charge in [-0.15, -0.1) is 0 Å². The number of rotatable bonds is 2. The molecule has 3 heteroatoms. The van der Waals surface area contributed by atoms with Gasteiger partial charge in [0, 0.05) is 19.7 Å². The molecule has 0 spiro atoms. The Morgan fingerprint density at radius 3 is 3.08 bits per heavy atom. The molecule has 72 valence electrons. The lowest BCUT2D eigenvalue weighted by Crippen LogP contribution is -2.13. The van der Waals surface area contributed by atoms with Gasteiger partial charge in [0.25, 0.3) is 0 Å². The highest BCUT2D eigenvalue weighted by molar-refractivity contribution is 5.10. The second kappa shape index (κ2) is 3.50. The average molecular weight is 179 g/mol. The third-order valence-corrected chi connectivity index (χ3v) is 2.72. The van der Waals surface area contributed by atoms with E-state index in [-0.39, 0.29) is 0 Å². The molecule has 0 bridgehead atoms. The average Bonchev–Trinajstić information content (AvgIpc) is 2.71. The van der Waals surface area contributed by atoms with Crippen molar-refractivity contribution in [2.45, 2.75) is 32.2 Å². The zero-order valence-electron chi connectivity index (χ0n) is 8.38. The van der Waals surface area contributed by atoms with E-state index in [1.807, 2.05) is 0 Å². The first-order valence-corrected chi connectivity index (χ1v) is 5.06. The maximum Gasteiger partial charge on any atom is 0.108 e. The lowest BCUT2D eigenvalue weighted by molar-refractivity contribution is 0.629. The van der Waals surface area contributed by atoms with E-state index in [9.17, 15) is 0 Å². The molecule has 0 saturated carbocycles. The van der Waals surface area contributed by atoms with Gasteiger partial charge in [-0.3, -0.25) is 0 Å². The first-order valence-electron chi connectivity index (χ1n) is 5.06. The maximum absolute atomic E-state index is 4.61. The van der Waals surface area contributed by atoms with E-state index in [1.54, 1.807) is 0 Å². The van der Waals surface area contributed by atoms with Crippen LogP contribution in [-0.4, -0.2) is 16.1 Å². The number of nitrogens with zero attached hydrogens (tertiary/aromatic N) is 2. The van der Waals surface area contributed by atoms with Crippen molar-refractivity contribution in [1.29, 1.82) is 0 Å². The molecular formula is C10H17N3. The summed E-state index contributed by atoms with van der Waals surface area (Å²) in [5, 5.41) is 3.46. The van der Waals surface area contributed by atoms with Gasteiger partial charge in [-0.05, 0) is 19.4 Å². The molecule has 1 aliphatic rings. The van der Waals surface area contributed by atoms with E-state index < -0.39 is 0 Å². The van der Waals surface area contributed by atoms with Crippen molar-refractivity contribution in [3.05, 3.63) is 17.7 Å². The Balaban J connectivity index is 2.20. The van der Waals surface area contributed by atoms with Crippen LogP contribution in [0.15, 0.2) is 6.20 Å². The zero-order valence-corrected chi connectivity index (χ0v) is 8.38. The molecular weight excluding hydrogens is 162 g/mol. The van der Waals surface area contributed by atoms with Crippen molar-refractivity contribution in [2.24, 2.45) is 7.05 Å². The van der Waals surface area contributed by atoms with Gasteiger partial charge in [0.15, 0.2) is 0 Å². The fraction of sp³-hybridized carbons (Fsp3) is 0.700. The summed E-state index contributed by atoms with van der Waals surface area (Å²) in [7, 11) is 2.07. The van der Waals surface area contributed by atoms with Crippen LogP contribution >= 0.6 is 0 Å².